The molecule has 0 spiro atoms. The Labute approximate surface area is 126 Å². The van der Waals surface area contributed by atoms with E-state index in [1.54, 1.807) is 19.3 Å². The van der Waals surface area contributed by atoms with E-state index in [-0.39, 0.29) is 5.91 Å². The lowest BCUT2D eigenvalue weighted by molar-refractivity contribution is -0.0145. The standard InChI is InChI=1S/C16H25N3O2/c1-15(2)5-7-16(21,8-6-15)11-19-12-4-9-18-13(10-12)14(20)17-3/h4,9-10,21H,5-8,11H2,1-3H3,(H,17,20)(H,18,19). The molecular weight excluding hydrogens is 266 g/mol. The van der Waals surface area contributed by atoms with E-state index in [9.17, 15) is 9.90 Å². The predicted molar refractivity (Wildman–Crippen MR) is 83.3 cm³/mol. The van der Waals surface area contributed by atoms with Crippen molar-refractivity contribution in [2.24, 2.45) is 5.41 Å². The fourth-order valence-corrected chi connectivity index (χ4v) is 2.63. The molecule has 0 unspecified atom stereocenters. The average Bonchev–Trinajstić information content (AvgIpc) is 2.48. The number of anilines is 1. The van der Waals surface area contributed by atoms with Gasteiger partial charge in [0.05, 0.1) is 5.60 Å². The first-order valence-electron chi connectivity index (χ1n) is 7.48. The Bertz CT molecular complexity index is 504. The van der Waals surface area contributed by atoms with Gasteiger partial charge in [-0.25, -0.2) is 0 Å². The maximum atomic E-state index is 11.6. The van der Waals surface area contributed by atoms with Crippen molar-refractivity contribution in [3.8, 4) is 0 Å². The molecular formula is C16H25N3O2. The SMILES string of the molecule is CNC(=O)c1cc(NCC2(O)CCC(C)(C)CC2)ccn1. The highest BCUT2D eigenvalue weighted by molar-refractivity contribution is 5.92. The summed E-state index contributed by atoms with van der Waals surface area (Å²) in [5, 5.41) is 16.4. The van der Waals surface area contributed by atoms with Gasteiger partial charge in [0.1, 0.15) is 5.69 Å². The zero-order valence-corrected chi connectivity index (χ0v) is 13.1. The summed E-state index contributed by atoms with van der Waals surface area (Å²) in [5.41, 5.74) is 0.850. The maximum Gasteiger partial charge on any atom is 0.269 e. The number of carbonyl (C=O) groups is 1. The molecule has 1 aromatic rings. The van der Waals surface area contributed by atoms with Crippen LogP contribution in [0.3, 0.4) is 0 Å². The number of nitrogens with zero attached hydrogens (tertiary/aromatic N) is 1. The van der Waals surface area contributed by atoms with Crippen LogP contribution in [0.5, 0.6) is 0 Å². The van der Waals surface area contributed by atoms with E-state index in [1.165, 1.54) is 0 Å². The van der Waals surface area contributed by atoms with Gasteiger partial charge in [0.2, 0.25) is 0 Å². The highest BCUT2D eigenvalue weighted by atomic mass is 16.3. The largest absolute Gasteiger partial charge is 0.388 e. The minimum absolute atomic E-state index is 0.211. The Morgan fingerprint density at radius 2 is 2.00 bits per heavy atom. The molecule has 1 aromatic heterocycles. The summed E-state index contributed by atoms with van der Waals surface area (Å²) in [6, 6.07) is 3.51. The summed E-state index contributed by atoms with van der Waals surface area (Å²) in [4.78, 5) is 15.6. The molecule has 0 aliphatic heterocycles. The van der Waals surface area contributed by atoms with Crippen LogP contribution >= 0.6 is 0 Å². The van der Waals surface area contributed by atoms with Crippen LogP contribution in [0, 0.1) is 5.41 Å². The second kappa shape index (κ2) is 6.02. The number of aliphatic hydroxyl groups is 1. The summed E-state index contributed by atoms with van der Waals surface area (Å²) in [6.07, 6.45) is 5.28. The topological polar surface area (TPSA) is 74.2 Å². The molecule has 1 aliphatic carbocycles. The molecule has 0 bridgehead atoms. The van der Waals surface area contributed by atoms with Gasteiger partial charge in [-0.2, -0.15) is 0 Å². The number of hydrogen-bond donors (Lipinski definition) is 3. The third-order valence-electron chi connectivity index (χ3n) is 4.38. The molecule has 21 heavy (non-hydrogen) atoms. The molecule has 5 nitrogen and oxygen atoms in total. The highest BCUT2D eigenvalue weighted by Crippen LogP contribution is 2.40. The van der Waals surface area contributed by atoms with Crippen LogP contribution in [0.2, 0.25) is 0 Å². The third-order valence-corrected chi connectivity index (χ3v) is 4.38. The van der Waals surface area contributed by atoms with Crippen molar-refractivity contribution in [3.05, 3.63) is 24.0 Å². The molecule has 0 saturated heterocycles. The van der Waals surface area contributed by atoms with E-state index >= 15 is 0 Å². The fourth-order valence-electron chi connectivity index (χ4n) is 2.63. The third kappa shape index (κ3) is 4.17. The molecule has 0 radical (unpaired) electrons. The van der Waals surface area contributed by atoms with Crippen LogP contribution in [-0.4, -0.2) is 35.2 Å². The maximum absolute atomic E-state index is 11.6. The van der Waals surface area contributed by atoms with Gasteiger partial charge in [0.25, 0.3) is 5.91 Å². The summed E-state index contributed by atoms with van der Waals surface area (Å²) in [6.45, 7) is 5.00. The number of nitrogens with one attached hydrogen (secondary N) is 2. The second-order valence-electron chi connectivity index (χ2n) is 6.75. The quantitative estimate of drug-likeness (QED) is 0.795. The molecule has 3 N–H and O–H groups in total. The molecule has 0 atom stereocenters. The summed E-state index contributed by atoms with van der Waals surface area (Å²) in [7, 11) is 1.58. The van der Waals surface area contributed by atoms with E-state index in [4.69, 9.17) is 0 Å². The summed E-state index contributed by atoms with van der Waals surface area (Å²) >= 11 is 0. The molecule has 0 aromatic carbocycles. The number of hydrogen-bond acceptors (Lipinski definition) is 4. The molecule has 1 aliphatic rings. The number of pyridine rings is 1. The summed E-state index contributed by atoms with van der Waals surface area (Å²) in [5.74, 6) is -0.211. The van der Waals surface area contributed by atoms with E-state index in [1.807, 2.05) is 6.07 Å². The van der Waals surface area contributed by atoms with Crippen molar-refractivity contribution in [2.75, 3.05) is 18.9 Å². The molecule has 1 heterocycles. The van der Waals surface area contributed by atoms with Crippen LogP contribution in [0.15, 0.2) is 18.3 Å². The lowest BCUT2D eigenvalue weighted by Gasteiger charge is -2.40. The van der Waals surface area contributed by atoms with Crippen molar-refractivity contribution in [1.29, 1.82) is 0 Å². The van der Waals surface area contributed by atoms with Crippen molar-refractivity contribution in [2.45, 2.75) is 45.1 Å². The number of aromatic nitrogens is 1. The van der Waals surface area contributed by atoms with E-state index in [0.717, 1.165) is 31.4 Å². The Morgan fingerprint density at radius 3 is 2.62 bits per heavy atom. The molecule has 1 saturated carbocycles. The lowest BCUT2D eigenvalue weighted by atomic mass is 9.71. The van der Waals surface area contributed by atoms with Gasteiger partial charge in [-0.15, -0.1) is 0 Å². The molecule has 1 fully saturated rings. The van der Waals surface area contributed by atoms with Gasteiger partial charge >= 0.3 is 0 Å². The minimum atomic E-state index is -0.661. The van der Waals surface area contributed by atoms with Crippen molar-refractivity contribution in [1.82, 2.24) is 10.3 Å². The Kier molecular flexibility index (Phi) is 4.52. The van der Waals surface area contributed by atoms with Crippen molar-refractivity contribution < 1.29 is 9.90 Å². The van der Waals surface area contributed by atoms with Crippen LogP contribution in [0.1, 0.15) is 50.0 Å². The first kappa shape index (κ1) is 15.8. The minimum Gasteiger partial charge on any atom is -0.388 e. The van der Waals surface area contributed by atoms with E-state index in [0.29, 0.717) is 17.7 Å². The first-order chi connectivity index (χ1) is 9.84. The van der Waals surface area contributed by atoms with Gasteiger partial charge in [-0.05, 0) is 43.2 Å². The van der Waals surface area contributed by atoms with Gasteiger partial charge in [-0.3, -0.25) is 9.78 Å². The lowest BCUT2D eigenvalue weighted by Crippen LogP contribution is -2.42. The highest BCUT2D eigenvalue weighted by Gasteiger charge is 2.36. The average molecular weight is 291 g/mol. The van der Waals surface area contributed by atoms with Gasteiger partial charge < -0.3 is 15.7 Å². The van der Waals surface area contributed by atoms with Crippen LogP contribution in [-0.2, 0) is 0 Å². The fraction of sp³-hybridized carbons (Fsp3) is 0.625. The first-order valence-corrected chi connectivity index (χ1v) is 7.48. The van der Waals surface area contributed by atoms with Crippen molar-refractivity contribution in [3.63, 3.8) is 0 Å². The number of carbonyl (C=O) groups excluding carboxylic acids is 1. The smallest absolute Gasteiger partial charge is 0.269 e. The Morgan fingerprint density at radius 1 is 1.33 bits per heavy atom. The zero-order valence-electron chi connectivity index (χ0n) is 13.1. The second-order valence-corrected chi connectivity index (χ2v) is 6.75. The predicted octanol–water partition coefficient (Wildman–Crippen LogP) is 2.18. The molecule has 5 heteroatoms. The van der Waals surface area contributed by atoms with E-state index < -0.39 is 5.60 Å². The molecule has 2 rings (SSSR count). The molecule has 1 amide bonds. The van der Waals surface area contributed by atoms with Gasteiger partial charge in [-0.1, -0.05) is 13.8 Å². The van der Waals surface area contributed by atoms with E-state index in [2.05, 4.69) is 29.5 Å². The van der Waals surface area contributed by atoms with Crippen LogP contribution in [0.4, 0.5) is 5.69 Å². The molecule has 116 valence electrons. The Balaban J connectivity index is 1.95. The summed E-state index contributed by atoms with van der Waals surface area (Å²) < 4.78 is 0. The number of amides is 1. The zero-order chi connectivity index (χ0) is 15.5. The van der Waals surface area contributed by atoms with Crippen molar-refractivity contribution >= 4 is 11.6 Å². The number of rotatable bonds is 4. The van der Waals surface area contributed by atoms with Gasteiger partial charge in [0.15, 0.2) is 0 Å². The normalized spacial score (nSPS) is 19.8. The van der Waals surface area contributed by atoms with Crippen LogP contribution in [0.25, 0.3) is 0 Å². The Hall–Kier alpha value is -1.62. The van der Waals surface area contributed by atoms with Crippen LogP contribution < -0.4 is 10.6 Å². The van der Waals surface area contributed by atoms with Gasteiger partial charge in [0, 0.05) is 25.5 Å². The monoisotopic (exact) mass is 291 g/mol.